The summed E-state index contributed by atoms with van der Waals surface area (Å²) in [4.78, 5) is 0. The molecule has 3 nitrogen and oxygen atoms in total. The maximum Gasteiger partial charge on any atom is 0.195 e. The van der Waals surface area contributed by atoms with Crippen LogP contribution in [0, 0.1) is 0 Å². The van der Waals surface area contributed by atoms with Crippen molar-refractivity contribution in [3.05, 3.63) is 71.8 Å². The van der Waals surface area contributed by atoms with Gasteiger partial charge in [0.2, 0.25) is 0 Å². The minimum Gasteiger partial charge on any atom is -0.346 e. The Bertz CT molecular complexity index is 612. The van der Waals surface area contributed by atoms with Crippen LogP contribution in [0.3, 0.4) is 0 Å². The lowest BCUT2D eigenvalue weighted by Crippen LogP contribution is -2.43. The normalized spacial score (nSPS) is 23.5. The van der Waals surface area contributed by atoms with Crippen LogP contribution >= 0.6 is 0 Å². The summed E-state index contributed by atoms with van der Waals surface area (Å²) in [6.45, 7) is 4.81. The van der Waals surface area contributed by atoms with E-state index in [4.69, 9.17) is 9.47 Å². The highest BCUT2D eigenvalue weighted by Crippen LogP contribution is 2.38. The molecule has 1 saturated heterocycles. The molecule has 0 amide bonds. The first-order valence-electron chi connectivity index (χ1n) is 9.44. The van der Waals surface area contributed by atoms with Crippen LogP contribution in [-0.2, 0) is 21.8 Å². The highest BCUT2D eigenvalue weighted by atomic mass is 16.7. The van der Waals surface area contributed by atoms with Crippen molar-refractivity contribution >= 4 is 0 Å². The van der Waals surface area contributed by atoms with Crippen molar-refractivity contribution in [3.8, 4) is 0 Å². The SMILES string of the molecule is CCC[C@@]1(c2ccccc2)OCC[C@@H](CCNCc2ccccc2)O1. The van der Waals surface area contributed by atoms with Gasteiger partial charge in [-0.1, -0.05) is 74.0 Å². The van der Waals surface area contributed by atoms with E-state index in [9.17, 15) is 0 Å². The molecule has 2 aromatic carbocycles. The van der Waals surface area contributed by atoms with E-state index in [1.165, 1.54) is 5.56 Å². The van der Waals surface area contributed by atoms with Gasteiger partial charge < -0.3 is 14.8 Å². The Hall–Kier alpha value is -1.68. The third kappa shape index (κ3) is 4.91. The van der Waals surface area contributed by atoms with Crippen LogP contribution in [-0.4, -0.2) is 19.3 Å². The fraction of sp³-hybridized carbons (Fsp3) is 0.455. The second-order valence-electron chi connectivity index (χ2n) is 6.70. The number of hydrogen-bond donors (Lipinski definition) is 1. The summed E-state index contributed by atoms with van der Waals surface area (Å²) in [6, 6.07) is 20.9. The van der Waals surface area contributed by atoms with Crippen molar-refractivity contribution in [2.45, 2.75) is 51.0 Å². The molecule has 3 rings (SSSR count). The van der Waals surface area contributed by atoms with Crippen LogP contribution in [0.1, 0.15) is 43.7 Å². The highest BCUT2D eigenvalue weighted by Gasteiger charge is 2.39. The van der Waals surface area contributed by atoms with Crippen LogP contribution in [0.5, 0.6) is 0 Å². The van der Waals surface area contributed by atoms with Crippen molar-refractivity contribution < 1.29 is 9.47 Å². The standard InChI is InChI=1S/C22H29NO2/c1-2-15-22(20-11-7-4-8-12-20)24-17-14-21(25-22)13-16-23-18-19-9-5-3-6-10-19/h3-12,21,23H,2,13-18H2,1H3/t21-,22-/m1/s1. The van der Waals surface area contributed by atoms with E-state index in [1.807, 2.05) is 6.07 Å². The van der Waals surface area contributed by atoms with Gasteiger partial charge in [0.1, 0.15) is 0 Å². The molecule has 0 bridgehead atoms. The van der Waals surface area contributed by atoms with Gasteiger partial charge in [-0.15, -0.1) is 0 Å². The van der Waals surface area contributed by atoms with E-state index in [2.05, 4.69) is 66.8 Å². The van der Waals surface area contributed by atoms with Crippen LogP contribution in [0.25, 0.3) is 0 Å². The van der Waals surface area contributed by atoms with E-state index in [-0.39, 0.29) is 6.10 Å². The van der Waals surface area contributed by atoms with Gasteiger partial charge >= 0.3 is 0 Å². The molecule has 1 heterocycles. The molecule has 0 aliphatic carbocycles. The number of benzene rings is 2. The number of nitrogens with one attached hydrogen (secondary N) is 1. The molecule has 1 fully saturated rings. The molecule has 1 N–H and O–H groups in total. The maximum atomic E-state index is 6.49. The Morgan fingerprint density at radius 2 is 1.76 bits per heavy atom. The lowest BCUT2D eigenvalue weighted by molar-refractivity contribution is -0.306. The topological polar surface area (TPSA) is 30.5 Å². The Kier molecular flexibility index (Phi) is 6.62. The van der Waals surface area contributed by atoms with Crippen molar-refractivity contribution in [2.75, 3.05) is 13.2 Å². The van der Waals surface area contributed by atoms with Gasteiger partial charge in [0.15, 0.2) is 5.79 Å². The van der Waals surface area contributed by atoms with E-state index in [1.54, 1.807) is 0 Å². The van der Waals surface area contributed by atoms with Crippen molar-refractivity contribution in [1.29, 1.82) is 0 Å². The minimum atomic E-state index is -0.571. The van der Waals surface area contributed by atoms with Crippen molar-refractivity contribution in [1.82, 2.24) is 5.32 Å². The number of hydrogen-bond acceptors (Lipinski definition) is 3. The minimum absolute atomic E-state index is 0.240. The first-order chi connectivity index (χ1) is 12.3. The zero-order chi connectivity index (χ0) is 17.4. The van der Waals surface area contributed by atoms with Crippen LogP contribution < -0.4 is 5.32 Å². The summed E-state index contributed by atoms with van der Waals surface area (Å²) in [5.41, 5.74) is 2.46. The summed E-state index contributed by atoms with van der Waals surface area (Å²) in [6.07, 6.45) is 4.14. The van der Waals surface area contributed by atoms with E-state index in [0.717, 1.165) is 50.9 Å². The summed E-state index contributed by atoms with van der Waals surface area (Å²) >= 11 is 0. The molecular formula is C22H29NO2. The summed E-state index contributed by atoms with van der Waals surface area (Å²) in [7, 11) is 0. The lowest BCUT2D eigenvalue weighted by atomic mass is 9.98. The van der Waals surface area contributed by atoms with Gasteiger partial charge in [0.25, 0.3) is 0 Å². The molecule has 0 spiro atoms. The van der Waals surface area contributed by atoms with Crippen LogP contribution in [0.4, 0.5) is 0 Å². The zero-order valence-corrected chi connectivity index (χ0v) is 15.1. The number of rotatable bonds is 8. The predicted molar refractivity (Wildman–Crippen MR) is 101 cm³/mol. The molecule has 0 radical (unpaired) electrons. The molecule has 1 aliphatic heterocycles. The molecule has 1 aliphatic rings. The molecule has 2 aromatic rings. The maximum absolute atomic E-state index is 6.49. The van der Waals surface area contributed by atoms with E-state index >= 15 is 0 Å². The Balaban J connectivity index is 1.54. The Morgan fingerprint density at radius 1 is 1.04 bits per heavy atom. The molecule has 0 unspecified atom stereocenters. The largest absolute Gasteiger partial charge is 0.346 e. The van der Waals surface area contributed by atoms with Gasteiger partial charge in [-0.3, -0.25) is 0 Å². The second-order valence-corrected chi connectivity index (χ2v) is 6.70. The monoisotopic (exact) mass is 339 g/mol. The summed E-state index contributed by atoms with van der Waals surface area (Å²) < 4.78 is 12.6. The summed E-state index contributed by atoms with van der Waals surface area (Å²) in [5, 5.41) is 3.53. The van der Waals surface area contributed by atoms with Gasteiger partial charge in [0, 0.05) is 18.5 Å². The third-order valence-electron chi connectivity index (χ3n) is 4.74. The molecule has 134 valence electrons. The third-order valence-corrected chi connectivity index (χ3v) is 4.74. The quantitative estimate of drug-likeness (QED) is 0.712. The van der Waals surface area contributed by atoms with Gasteiger partial charge in [0.05, 0.1) is 12.7 Å². The second kappa shape index (κ2) is 9.14. The molecule has 2 atom stereocenters. The average Bonchev–Trinajstić information content (AvgIpc) is 2.67. The predicted octanol–water partition coefficient (Wildman–Crippen LogP) is 4.62. The lowest BCUT2D eigenvalue weighted by Gasteiger charge is -2.41. The smallest absolute Gasteiger partial charge is 0.195 e. The van der Waals surface area contributed by atoms with Crippen LogP contribution in [0.15, 0.2) is 60.7 Å². The van der Waals surface area contributed by atoms with E-state index in [0.29, 0.717) is 0 Å². The van der Waals surface area contributed by atoms with Crippen molar-refractivity contribution in [2.24, 2.45) is 0 Å². The van der Waals surface area contributed by atoms with Gasteiger partial charge in [-0.25, -0.2) is 0 Å². The first kappa shape index (κ1) is 18.1. The molecule has 0 aromatic heterocycles. The van der Waals surface area contributed by atoms with Crippen molar-refractivity contribution in [3.63, 3.8) is 0 Å². The summed E-state index contributed by atoms with van der Waals surface area (Å²) in [5.74, 6) is -0.571. The van der Waals surface area contributed by atoms with E-state index < -0.39 is 5.79 Å². The Labute approximate surface area is 151 Å². The van der Waals surface area contributed by atoms with Gasteiger partial charge in [-0.05, 0) is 24.9 Å². The molecule has 0 saturated carbocycles. The fourth-order valence-corrected chi connectivity index (χ4v) is 3.46. The zero-order valence-electron chi connectivity index (χ0n) is 15.1. The van der Waals surface area contributed by atoms with Gasteiger partial charge in [-0.2, -0.15) is 0 Å². The average molecular weight is 339 g/mol. The number of ether oxygens (including phenoxy) is 2. The molecular weight excluding hydrogens is 310 g/mol. The van der Waals surface area contributed by atoms with Crippen LogP contribution in [0.2, 0.25) is 0 Å². The fourth-order valence-electron chi connectivity index (χ4n) is 3.46. The molecule has 3 heteroatoms. The molecule has 25 heavy (non-hydrogen) atoms. The first-order valence-corrected chi connectivity index (χ1v) is 9.44. The highest BCUT2D eigenvalue weighted by molar-refractivity contribution is 5.21. The Morgan fingerprint density at radius 3 is 2.48 bits per heavy atom.